The SMILES string of the molecule is c1ccc(-c2cccc(N(c3ccc4c(c3)C3(c5ccccc5-c5ccc(N(c6ccccc6)c6ccccc6)cc53)c3ccccc3-4)c3ccccc3-c3ccccc3)c2)cc1. The van der Waals surface area contributed by atoms with Gasteiger partial charge in [0.1, 0.15) is 0 Å². The van der Waals surface area contributed by atoms with Gasteiger partial charge in [-0.2, -0.15) is 0 Å². The van der Waals surface area contributed by atoms with Crippen LogP contribution in [-0.4, -0.2) is 0 Å². The van der Waals surface area contributed by atoms with E-state index in [1.165, 1.54) is 66.8 Å². The second-order valence-corrected chi connectivity index (χ2v) is 16.4. The average Bonchev–Trinajstić information content (AvgIpc) is 3.82. The van der Waals surface area contributed by atoms with E-state index >= 15 is 0 Å². The van der Waals surface area contributed by atoms with Crippen LogP contribution in [-0.2, 0) is 5.41 Å². The summed E-state index contributed by atoms with van der Waals surface area (Å²) in [4.78, 5) is 4.85. The number of hydrogen-bond acceptors (Lipinski definition) is 2. The second-order valence-electron chi connectivity index (χ2n) is 16.4. The number of rotatable bonds is 8. The van der Waals surface area contributed by atoms with Crippen molar-refractivity contribution in [2.75, 3.05) is 9.80 Å². The molecule has 10 aromatic carbocycles. The van der Waals surface area contributed by atoms with Crippen molar-refractivity contribution in [2.24, 2.45) is 0 Å². The van der Waals surface area contributed by atoms with E-state index in [1.807, 2.05) is 0 Å². The molecule has 2 nitrogen and oxygen atoms in total. The third-order valence-corrected chi connectivity index (χ3v) is 13.0. The smallest absolute Gasteiger partial charge is 0.0727 e. The Labute approximate surface area is 369 Å². The molecular formula is C61H42N2. The van der Waals surface area contributed by atoms with Crippen LogP contribution < -0.4 is 9.80 Å². The van der Waals surface area contributed by atoms with Gasteiger partial charge in [0.15, 0.2) is 0 Å². The van der Waals surface area contributed by atoms with Gasteiger partial charge in [-0.05, 0) is 128 Å². The highest BCUT2D eigenvalue weighted by atomic mass is 15.1. The van der Waals surface area contributed by atoms with Crippen molar-refractivity contribution in [3.63, 3.8) is 0 Å². The van der Waals surface area contributed by atoms with Gasteiger partial charge in [-0.25, -0.2) is 0 Å². The molecule has 2 aliphatic carbocycles. The molecule has 2 aliphatic rings. The van der Waals surface area contributed by atoms with Gasteiger partial charge in [0, 0.05) is 34.0 Å². The molecule has 63 heavy (non-hydrogen) atoms. The summed E-state index contributed by atoms with van der Waals surface area (Å²) >= 11 is 0. The third-order valence-electron chi connectivity index (χ3n) is 13.0. The molecule has 0 bridgehead atoms. The summed E-state index contributed by atoms with van der Waals surface area (Å²) in [6.07, 6.45) is 0. The summed E-state index contributed by atoms with van der Waals surface area (Å²) in [5, 5.41) is 0. The molecule has 0 saturated carbocycles. The van der Waals surface area contributed by atoms with E-state index in [2.05, 4.69) is 265 Å². The second kappa shape index (κ2) is 15.1. The molecule has 12 rings (SSSR count). The van der Waals surface area contributed by atoms with Gasteiger partial charge in [-0.3, -0.25) is 0 Å². The maximum absolute atomic E-state index is 2.50. The molecule has 10 aromatic rings. The first-order valence-electron chi connectivity index (χ1n) is 21.8. The van der Waals surface area contributed by atoms with Crippen LogP contribution in [0.2, 0.25) is 0 Å². The first kappa shape index (κ1) is 36.6. The third kappa shape index (κ3) is 5.87. The number of fused-ring (bicyclic) bond motifs is 10. The Morgan fingerprint density at radius 1 is 0.222 bits per heavy atom. The lowest BCUT2D eigenvalue weighted by molar-refractivity contribution is 0.793. The minimum atomic E-state index is -0.570. The number of benzene rings is 10. The molecule has 1 atom stereocenters. The molecule has 0 fully saturated rings. The van der Waals surface area contributed by atoms with Crippen LogP contribution in [0.5, 0.6) is 0 Å². The molecule has 0 radical (unpaired) electrons. The predicted molar refractivity (Wildman–Crippen MR) is 263 cm³/mol. The van der Waals surface area contributed by atoms with Crippen LogP contribution in [0, 0.1) is 0 Å². The van der Waals surface area contributed by atoms with Crippen LogP contribution in [0.15, 0.2) is 255 Å². The monoisotopic (exact) mass is 802 g/mol. The molecule has 1 unspecified atom stereocenters. The van der Waals surface area contributed by atoms with Crippen molar-refractivity contribution in [1.29, 1.82) is 0 Å². The van der Waals surface area contributed by atoms with Crippen molar-refractivity contribution in [3.05, 3.63) is 277 Å². The Balaban J connectivity index is 1.12. The molecule has 0 heterocycles. The molecular weight excluding hydrogens is 761 g/mol. The van der Waals surface area contributed by atoms with E-state index in [0.717, 1.165) is 34.1 Å². The van der Waals surface area contributed by atoms with Crippen LogP contribution in [0.3, 0.4) is 0 Å². The van der Waals surface area contributed by atoms with Gasteiger partial charge in [-0.15, -0.1) is 0 Å². The van der Waals surface area contributed by atoms with E-state index in [4.69, 9.17) is 0 Å². The van der Waals surface area contributed by atoms with Gasteiger partial charge in [0.2, 0.25) is 0 Å². The predicted octanol–water partition coefficient (Wildman–Crippen LogP) is 16.3. The van der Waals surface area contributed by atoms with Crippen LogP contribution in [0.4, 0.5) is 34.1 Å². The van der Waals surface area contributed by atoms with Crippen molar-refractivity contribution in [1.82, 2.24) is 0 Å². The molecule has 0 aromatic heterocycles. The molecule has 296 valence electrons. The number of hydrogen-bond donors (Lipinski definition) is 0. The minimum absolute atomic E-state index is 0.570. The lowest BCUT2D eigenvalue weighted by atomic mass is 9.70. The van der Waals surface area contributed by atoms with Gasteiger partial charge < -0.3 is 9.80 Å². The van der Waals surface area contributed by atoms with Gasteiger partial charge in [0.05, 0.1) is 11.1 Å². The van der Waals surface area contributed by atoms with Gasteiger partial charge in [0.25, 0.3) is 0 Å². The molecule has 0 saturated heterocycles. The van der Waals surface area contributed by atoms with Crippen molar-refractivity contribution in [3.8, 4) is 44.5 Å². The highest BCUT2D eigenvalue weighted by Crippen LogP contribution is 2.64. The summed E-state index contributed by atoms with van der Waals surface area (Å²) < 4.78 is 0. The largest absolute Gasteiger partial charge is 0.310 e. The molecule has 2 heteroatoms. The van der Waals surface area contributed by atoms with Crippen LogP contribution >= 0.6 is 0 Å². The fraction of sp³-hybridized carbons (Fsp3) is 0.0164. The highest BCUT2D eigenvalue weighted by molar-refractivity contribution is 5.98. The van der Waals surface area contributed by atoms with E-state index < -0.39 is 5.41 Å². The van der Waals surface area contributed by atoms with Gasteiger partial charge in [-0.1, -0.05) is 188 Å². The van der Waals surface area contributed by atoms with Crippen molar-refractivity contribution in [2.45, 2.75) is 5.41 Å². The fourth-order valence-electron chi connectivity index (χ4n) is 10.4. The van der Waals surface area contributed by atoms with E-state index in [-0.39, 0.29) is 0 Å². The Morgan fingerprint density at radius 3 is 1.19 bits per heavy atom. The summed E-state index contributed by atoms with van der Waals surface area (Å²) in [6.45, 7) is 0. The lowest BCUT2D eigenvalue weighted by Crippen LogP contribution is -2.26. The Hall–Kier alpha value is -8.20. The van der Waals surface area contributed by atoms with E-state index in [0.29, 0.717) is 0 Å². The van der Waals surface area contributed by atoms with Crippen LogP contribution in [0.25, 0.3) is 44.5 Å². The Morgan fingerprint density at radius 2 is 0.619 bits per heavy atom. The van der Waals surface area contributed by atoms with E-state index in [9.17, 15) is 0 Å². The quantitative estimate of drug-likeness (QED) is 0.151. The fourth-order valence-corrected chi connectivity index (χ4v) is 10.4. The lowest BCUT2D eigenvalue weighted by Gasteiger charge is -2.33. The normalized spacial score (nSPS) is 14.1. The van der Waals surface area contributed by atoms with Gasteiger partial charge >= 0.3 is 0 Å². The Kier molecular flexibility index (Phi) is 8.76. The zero-order valence-corrected chi connectivity index (χ0v) is 34.6. The average molecular weight is 803 g/mol. The topological polar surface area (TPSA) is 6.48 Å². The summed E-state index contributed by atoms with van der Waals surface area (Å²) in [5.41, 5.74) is 21.1. The maximum Gasteiger partial charge on any atom is 0.0727 e. The van der Waals surface area contributed by atoms with E-state index in [1.54, 1.807) is 0 Å². The first-order valence-corrected chi connectivity index (χ1v) is 21.8. The number of nitrogens with zero attached hydrogens (tertiary/aromatic N) is 2. The maximum atomic E-state index is 2.50. The zero-order valence-electron chi connectivity index (χ0n) is 34.6. The summed E-state index contributed by atoms with van der Waals surface area (Å²) in [5.74, 6) is 0. The number of para-hydroxylation sites is 3. The zero-order chi connectivity index (χ0) is 41.7. The van der Waals surface area contributed by atoms with Crippen molar-refractivity contribution >= 4 is 34.1 Å². The standard InChI is InChI=1S/C61H42N2/c1-5-20-43(21-6-1)45-24-19-29-48(40-45)63(60-35-18-15-30-51(60)44-22-7-2-8-23-44)50-37-39-55-53-32-14-17-34-57(53)61(59(55)42-50)56-33-16-13-31-52(56)54-38-36-49(41-58(54)61)62(46-25-9-3-10-26-46)47-27-11-4-12-28-47/h1-42H. The molecule has 0 aliphatic heterocycles. The van der Waals surface area contributed by atoms with Crippen molar-refractivity contribution < 1.29 is 0 Å². The van der Waals surface area contributed by atoms with Crippen LogP contribution in [0.1, 0.15) is 22.3 Å². The molecule has 1 spiro atoms. The number of anilines is 6. The molecule has 0 amide bonds. The molecule has 0 N–H and O–H groups in total. The summed E-state index contributed by atoms with van der Waals surface area (Å²) in [7, 11) is 0. The highest BCUT2D eigenvalue weighted by Gasteiger charge is 2.52. The summed E-state index contributed by atoms with van der Waals surface area (Å²) in [6, 6.07) is 93.3. The Bertz CT molecular complexity index is 3230. The first-order chi connectivity index (χ1) is 31.3. The minimum Gasteiger partial charge on any atom is -0.310 e.